The van der Waals surface area contributed by atoms with Crippen LogP contribution in [0.5, 0.6) is 0 Å². The summed E-state index contributed by atoms with van der Waals surface area (Å²) < 4.78 is 55.7. The third kappa shape index (κ3) is 6.49. The predicted molar refractivity (Wildman–Crippen MR) is 158 cm³/mol. The van der Waals surface area contributed by atoms with E-state index in [4.69, 9.17) is 4.98 Å². The quantitative estimate of drug-likeness (QED) is 0.330. The van der Waals surface area contributed by atoms with Gasteiger partial charge in [0.15, 0.2) is 0 Å². The molecule has 1 heterocycles. The molecule has 1 amide bonds. The van der Waals surface area contributed by atoms with E-state index in [0.29, 0.717) is 20.8 Å². The maximum absolute atomic E-state index is 13.6. The third-order valence-electron chi connectivity index (χ3n) is 6.86. The minimum absolute atomic E-state index is 0.00977. The van der Waals surface area contributed by atoms with Gasteiger partial charge in [-0.1, -0.05) is 56.0 Å². The summed E-state index contributed by atoms with van der Waals surface area (Å²) in [5.41, 5.74) is 1.52. The van der Waals surface area contributed by atoms with E-state index >= 15 is 0 Å². The van der Waals surface area contributed by atoms with Gasteiger partial charge in [-0.05, 0) is 61.2 Å². The van der Waals surface area contributed by atoms with E-state index in [1.165, 1.54) is 68.5 Å². The number of anilines is 2. The molecule has 0 aliphatic heterocycles. The van der Waals surface area contributed by atoms with Crippen molar-refractivity contribution in [3.63, 3.8) is 0 Å². The first-order valence-corrected chi connectivity index (χ1v) is 17.3. The molecule has 0 atom stereocenters. The van der Waals surface area contributed by atoms with Gasteiger partial charge in [-0.2, -0.15) is 3.71 Å². The van der Waals surface area contributed by atoms with Crippen molar-refractivity contribution in [3.8, 4) is 0 Å². The Labute approximate surface area is 239 Å². The average Bonchev–Trinajstić information content (AvgIpc) is 3.22. The number of sulfonamides is 2. The highest BCUT2D eigenvalue weighted by Crippen LogP contribution is 2.34. The van der Waals surface area contributed by atoms with Crippen LogP contribution in [0.3, 0.4) is 0 Å². The number of carbonyl (C=O) groups is 1. The fourth-order valence-electron chi connectivity index (χ4n) is 5.13. The molecule has 0 unspecified atom stereocenters. The number of halogens is 1. The van der Waals surface area contributed by atoms with E-state index in [1.54, 1.807) is 6.07 Å². The third-order valence-corrected chi connectivity index (χ3v) is 11.1. The van der Waals surface area contributed by atoms with Crippen molar-refractivity contribution >= 4 is 64.3 Å². The van der Waals surface area contributed by atoms with Crippen molar-refractivity contribution in [1.82, 2.24) is 9.55 Å². The molecule has 0 bridgehead atoms. The number of rotatable bonds is 8. The Bertz CT molecular complexity index is 1570. The number of aromatic nitrogens is 2. The van der Waals surface area contributed by atoms with Crippen LogP contribution in [0.25, 0.3) is 11.0 Å². The second-order valence-corrected chi connectivity index (χ2v) is 15.6. The van der Waals surface area contributed by atoms with Gasteiger partial charge in [0.05, 0.1) is 33.2 Å². The summed E-state index contributed by atoms with van der Waals surface area (Å²) in [4.78, 5) is 16.3. The molecule has 0 spiro atoms. The van der Waals surface area contributed by atoms with Gasteiger partial charge in [0.1, 0.15) is 5.82 Å². The molecule has 9 nitrogen and oxygen atoms in total. The van der Waals surface area contributed by atoms with Crippen LogP contribution in [-0.4, -0.2) is 43.9 Å². The van der Waals surface area contributed by atoms with E-state index in [1.807, 2.05) is 0 Å². The molecule has 12 heteroatoms. The smallest absolute Gasteiger partial charge is 0.277 e. The number of alkyl halides is 1. The molecule has 1 aliphatic carbocycles. The van der Waals surface area contributed by atoms with Crippen molar-refractivity contribution < 1.29 is 21.6 Å². The Hall–Kier alpha value is -2.44. The highest BCUT2D eigenvalue weighted by molar-refractivity contribution is 9.09. The Balaban J connectivity index is 1.77. The van der Waals surface area contributed by atoms with Crippen LogP contribution >= 0.6 is 15.9 Å². The van der Waals surface area contributed by atoms with Gasteiger partial charge < -0.3 is 9.88 Å². The van der Waals surface area contributed by atoms with Crippen molar-refractivity contribution in [3.05, 3.63) is 48.3 Å². The summed E-state index contributed by atoms with van der Waals surface area (Å²) in [7, 11) is -8.74. The first-order chi connectivity index (χ1) is 18.2. The van der Waals surface area contributed by atoms with E-state index in [2.05, 4.69) is 46.6 Å². The van der Waals surface area contributed by atoms with Crippen LogP contribution in [0.4, 0.5) is 11.4 Å². The van der Waals surface area contributed by atoms with E-state index in [9.17, 15) is 21.6 Å². The standard InChI is InChI=1S/C27H35BrN4O5S2/c1-27(2,3)26-30-23-16-21(12-15-24(23)31(26)18-19-8-6-5-7-9-19)32(38(4,34)35)39(36,37)22-13-10-20(11-14-22)29-25(33)17-28/h10-16,19H,5-9,17-18H2,1-4H3,(H,29,33). The molecule has 39 heavy (non-hydrogen) atoms. The molecule has 0 saturated heterocycles. The Morgan fingerprint density at radius 2 is 1.69 bits per heavy atom. The molecule has 1 saturated carbocycles. The number of amides is 1. The monoisotopic (exact) mass is 638 g/mol. The Kier molecular flexibility index (Phi) is 8.49. The molecule has 4 rings (SSSR count). The topological polar surface area (TPSA) is 118 Å². The van der Waals surface area contributed by atoms with Gasteiger partial charge in [-0.15, -0.1) is 0 Å². The molecule has 1 N–H and O–H groups in total. The van der Waals surface area contributed by atoms with Crippen molar-refractivity contribution in [2.24, 2.45) is 5.92 Å². The van der Waals surface area contributed by atoms with Crippen LogP contribution < -0.4 is 9.03 Å². The first-order valence-electron chi connectivity index (χ1n) is 12.9. The lowest BCUT2D eigenvalue weighted by molar-refractivity contribution is -0.113. The number of carbonyl (C=O) groups excluding carboxylic acids is 1. The van der Waals surface area contributed by atoms with Gasteiger partial charge in [0, 0.05) is 17.6 Å². The first kappa shape index (κ1) is 29.5. The normalized spacial score (nSPS) is 15.4. The highest BCUT2D eigenvalue weighted by atomic mass is 79.9. The zero-order chi connectivity index (χ0) is 28.6. The molecule has 0 radical (unpaired) electrons. The molecular formula is C27H35BrN4O5S2. The number of benzene rings is 2. The van der Waals surface area contributed by atoms with Crippen molar-refractivity contribution in [1.29, 1.82) is 0 Å². The van der Waals surface area contributed by atoms with Crippen LogP contribution in [0.15, 0.2) is 47.4 Å². The van der Waals surface area contributed by atoms with Gasteiger partial charge in [-0.25, -0.2) is 21.8 Å². The average molecular weight is 640 g/mol. The fourth-order valence-corrected chi connectivity index (χ4v) is 8.51. The molecule has 1 fully saturated rings. The fraction of sp³-hybridized carbons (Fsp3) is 0.481. The van der Waals surface area contributed by atoms with E-state index < -0.39 is 20.0 Å². The minimum Gasteiger partial charge on any atom is -0.327 e. The lowest BCUT2D eigenvalue weighted by Gasteiger charge is -2.26. The highest BCUT2D eigenvalue weighted by Gasteiger charge is 2.34. The van der Waals surface area contributed by atoms with Crippen LogP contribution in [-0.2, 0) is 36.8 Å². The number of nitrogens with one attached hydrogen (secondary N) is 1. The largest absolute Gasteiger partial charge is 0.327 e. The minimum atomic E-state index is -4.50. The van der Waals surface area contributed by atoms with Gasteiger partial charge in [0.25, 0.3) is 10.0 Å². The molecule has 212 valence electrons. The Morgan fingerprint density at radius 3 is 2.26 bits per heavy atom. The van der Waals surface area contributed by atoms with Crippen LogP contribution in [0.2, 0.25) is 0 Å². The molecular weight excluding hydrogens is 604 g/mol. The lowest BCUT2D eigenvalue weighted by Crippen LogP contribution is -2.36. The van der Waals surface area contributed by atoms with Crippen LogP contribution in [0.1, 0.15) is 58.7 Å². The summed E-state index contributed by atoms with van der Waals surface area (Å²) >= 11 is 3.06. The number of hydrogen-bond acceptors (Lipinski definition) is 6. The summed E-state index contributed by atoms with van der Waals surface area (Å²) in [6.07, 6.45) is 6.90. The summed E-state index contributed by atoms with van der Waals surface area (Å²) in [5.74, 6) is 1.14. The van der Waals surface area contributed by atoms with E-state index in [-0.39, 0.29) is 27.2 Å². The zero-order valence-corrected chi connectivity index (χ0v) is 25.9. The van der Waals surface area contributed by atoms with Crippen molar-refractivity contribution in [2.75, 3.05) is 20.6 Å². The second kappa shape index (κ2) is 11.2. The molecule has 3 aromatic rings. The summed E-state index contributed by atoms with van der Waals surface area (Å²) in [5, 5.41) is 2.70. The number of hydrogen-bond donors (Lipinski definition) is 1. The van der Waals surface area contributed by atoms with Crippen molar-refractivity contribution in [2.45, 2.75) is 69.7 Å². The predicted octanol–water partition coefficient (Wildman–Crippen LogP) is 5.40. The molecule has 1 aliphatic rings. The zero-order valence-electron chi connectivity index (χ0n) is 22.6. The summed E-state index contributed by atoms with van der Waals surface area (Å²) in [6, 6.07) is 10.2. The number of fused-ring (bicyclic) bond motifs is 1. The SMILES string of the molecule is CC(C)(C)c1nc2cc(N(S(C)(=O)=O)S(=O)(=O)c3ccc(NC(=O)CBr)cc3)ccc2n1CC1CCCCC1. The molecule has 2 aromatic carbocycles. The number of imidazole rings is 1. The van der Waals surface area contributed by atoms with Gasteiger partial charge >= 0.3 is 0 Å². The van der Waals surface area contributed by atoms with Crippen LogP contribution in [0, 0.1) is 5.92 Å². The Morgan fingerprint density at radius 1 is 1.05 bits per heavy atom. The van der Waals surface area contributed by atoms with Gasteiger partial charge in [0.2, 0.25) is 15.9 Å². The molecule has 1 aromatic heterocycles. The van der Waals surface area contributed by atoms with Gasteiger partial charge in [-0.3, -0.25) is 4.79 Å². The maximum atomic E-state index is 13.6. The second-order valence-electron chi connectivity index (χ2n) is 11.1. The maximum Gasteiger partial charge on any atom is 0.277 e. The van der Waals surface area contributed by atoms with E-state index in [0.717, 1.165) is 24.1 Å². The summed E-state index contributed by atoms with van der Waals surface area (Å²) in [6.45, 7) is 7.09. The lowest BCUT2D eigenvalue weighted by atomic mass is 9.88. The number of nitrogens with zero attached hydrogens (tertiary/aromatic N) is 3.